The van der Waals surface area contributed by atoms with Gasteiger partial charge in [0.25, 0.3) is 0 Å². The summed E-state index contributed by atoms with van der Waals surface area (Å²) in [5.41, 5.74) is 6.84. The number of benzene rings is 1. The van der Waals surface area contributed by atoms with Crippen molar-refractivity contribution in [1.29, 1.82) is 0 Å². The normalized spacial score (nSPS) is 18.0. The number of hydrogen-bond acceptors (Lipinski definition) is 5. The Labute approximate surface area is 132 Å². The minimum atomic E-state index is -0.611. The van der Waals surface area contributed by atoms with Crippen molar-refractivity contribution >= 4 is 5.97 Å². The summed E-state index contributed by atoms with van der Waals surface area (Å²) in [5, 5.41) is 0. The highest BCUT2D eigenvalue weighted by Crippen LogP contribution is 2.19. The number of carbonyl (C=O) groups is 1. The molecule has 1 aromatic carbocycles. The summed E-state index contributed by atoms with van der Waals surface area (Å²) in [7, 11) is 2.14. The number of esters is 1. The van der Waals surface area contributed by atoms with E-state index in [1.165, 1.54) is 0 Å². The summed E-state index contributed by atoms with van der Waals surface area (Å²) in [6.45, 7) is 4.30. The predicted molar refractivity (Wildman–Crippen MR) is 85.9 cm³/mol. The average Bonchev–Trinajstić information content (AvgIpc) is 2.51. The Morgan fingerprint density at radius 2 is 1.95 bits per heavy atom. The van der Waals surface area contributed by atoms with Crippen LogP contribution in [-0.2, 0) is 16.0 Å². The third kappa shape index (κ3) is 5.00. The molecular formula is C17H26N2O3. The second kappa shape index (κ2) is 8.15. The number of likely N-dealkylation sites (tertiary alicyclic amines) is 1. The van der Waals surface area contributed by atoms with Crippen LogP contribution in [0.2, 0.25) is 0 Å². The van der Waals surface area contributed by atoms with Gasteiger partial charge >= 0.3 is 5.97 Å². The van der Waals surface area contributed by atoms with Gasteiger partial charge in [0.05, 0.1) is 6.61 Å². The number of rotatable bonds is 6. The summed E-state index contributed by atoms with van der Waals surface area (Å²) in [6.07, 6.45) is 2.90. The van der Waals surface area contributed by atoms with E-state index < -0.39 is 6.04 Å². The molecule has 0 spiro atoms. The summed E-state index contributed by atoms with van der Waals surface area (Å²) in [5.74, 6) is 0.525. The lowest BCUT2D eigenvalue weighted by Crippen LogP contribution is -2.35. The fourth-order valence-electron chi connectivity index (χ4n) is 2.59. The van der Waals surface area contributed by atoms with Gasteiger partial charge in [-0.2, -0.15) is 0 Å². The molecule has 1 saturated heterocycles. The lowest BCUT2D eigenvalue weighted by Gasteiger charge is -2.29. The molecule has 122 valence electrons. The van der Waals surface area contributed by atoms with Crippen molar-refractivity contribution in [2.75, 3.05) is 26.7 Å². The molecular weight excluding hydrogens is 280 g/mol. The number of piperidine rings is 1. The van der Waals surface area contributed by atoms with Crippen LogP contribution in [0.1, 0.15) is 25.3 Å². The molecule has 0 radical (unpaired) electrons. The van der Waals surface area contributed by atoms with Crippen molar-refractivity contribution in [3.8, 4) is 5.75 Å². The molecule has 1 aliphatic heterocycles. The van der Waals surface area contributed by atoms with E-state index in [9.17, 15) is 4.79 Å². The third-order valence-corrected chi connectivity index (χ3v) is 3.94. The summed E-state index contributed by atoms with van der Waals surface area (Å²) < 4.78 is 10.9. The maximum Gasteiger partial charge on any atom is 0.323 e. The molecule has 1 aromatic rings. The van der Waals surface area contributed by atoms with Crippen LogP contribution in [0.4, 0.5) is 0 Å². The first-order valence-electron chi connectivity index (χ1n) is 7.95. The molecule has 0 amide bonds. The second-order valence-corrected chi connectivity index (χ2v) is 5.83. The van der Waals surface area contributed by atoms with Gasteiger partial charge in [0.2, 0.25) is 0 Å². The van der Waals surface area contributed by atoms with Gasteiger partial charge in [0, 0.05) is 13.1 Å². The molecule has 1 heterocycles. The number of ether oxygens (including phenoxy) is 2. The standard InChI is InChI=1S/C17H26N2O3/c1-3-21-17(20)16(18)12-13-4-6-14(7-5-13)22-15-8-10-19(2)11-9-15/h4-7,15-16H,3,8-12,18H2,1-2H3/t16-/m0/s1. The quantitative estimate of drug-likeness (QED) is 0.809. The lowest BCUT2D eigenvalue weighted by molar-refractivity contribution is -0.144. The Bertz CT molecular complexity index is 467. The van der Waals surface area contributed by atoms with Crippen LogP contribution < -0.4 is 10.5 Å². The Balaban J connectivity index is 1.83. The zero-order chi connectivity index (χ0) is 15.9. The second-order valence-electron chi connectivity index (χ2n) is 5.83. The van der Waals surface area contributed by atoms with Gasteiger partial charge in [-0.15, -0.1) is 0 Å². The van der Waals surface area contributed by atoms with Gasteiger partial charge in [0.1, 0.15) is 17.9 Å². The number of carbonyl (C=O) groups excluding carboxylic acids is 1. The van der Waals surface area contributed by atoms with Crippen molar-refractivity contribution < 1.29 is 14.3 Å². The van der Waals surface area contributed by atoms with E-state index in [1.54, 1.807) is 6.92 Å². The highest BCUT2D eigenvalue weighted by atomic mass is 16.5. The summed E-state index contributed by atoms with van der Waals surface area (Å²) in [6, 6.07) is 7.21. The Kier molecular flexibility index (Phi) is 6.21. The first-order valence-corrected chi connectivity index (χ1v) is 7.95. The molecule has 2 N–H and O–H groups in total. The molecule has 5 heteroatoms. The fraction of sp³-hybridized carbons (Fsp3) is 0.588. The topological polar surface area (TPSA) is 64.8 Å². The molecule has 0 bridgehead atoms. The van der Waals surface area contributed by atoms with E-state index >= 15 is 0 Å². The Morgan fingerprint density at radius 3 is 2.55 bits per heavy atom. The molecule has 5 nitrogen and oxygen atoms in total. The van der Waals surface area contributed by atoms with Gasteiger partial charge in [-0.3, -0.25) is 4.79 Å². The zero-order valence-corrected chi connectivity index (χ0v) is 13.5. The van der Waals surface area contributed by atoms with Crippen molar-refractivity contribution in [2.45, 2.75) is 38.3 Å². The lowest BCUT2D eigenvalue weighted by atomic mass is 10.1. The maximum absolute atomic E-state index is 11.5. The molecule has 0 saturated carbocycles. The number of hydrogen-bond donors (Lipinski definition) is 1. The number of nitrogens with zero attached hydrogens (tertiary/aromatic N) is 1. The van der Waals surface area contributed by atoms with Gasteiger partial charge < -0.3 is 20.1 Å². The van der Waals surface area contributed by atoms with Crippen molar-refractivity contribution in [1.82, 2.24) is 4.90 Å². The molecule has 22 heavy (non-hydrogen) atoms. The van der Waals surface area contributed by atoms with E-state index in [0.29, 0.717) is 19.1 Å². The van der Waals surface area contributed by atoms with Crippen LogP contribution in [-0.4, -0.2) is 49.8 Å². The molecule has 2 rings (SSSR count). The van der Waals surface area contributed by atoms with Crippen LogP contribution in [0, 0.1) is 0 Å². The van der Waals surface area contributed by atoms with Crippen molar-refractivity contribution in [3.05, 3.63) is 29.8 Å². The summed E-state index contributed by atoms with van der Waals surface area (Å²) >= 11 is 0. The Morgan fingerprint density at radius 1 is 1.32 bits per heavy atom. The van der Waals surface area contributed by atoms with Gasteiger partial charge in [-0.05, 0) is 50.9 Å². The van der Waals surface area contributed by atoms with Crippen LogP contribution >= 0.6 is 0 Å². The first-order chi connectivity index (χ1) is 10.6. The minimum absolute atomic E-state index is 0.295. The van der Waals surface area contributed by atoms with E-state index in [2.05, 4.69) is 11.9 Å². The van der Waals surface area contributed by atoms with Gasteiger partial charge in [-0.25, -0.2) is 0 Å². The van der Waals surface area contributed by atoms with E-state index in [1.807, 2.05) is 24.3 Å². The fourth-order valence-corrected chi connectivity index (χ4v) is 2.59. The zero-order valence-electron chi connectivity index (χ0n) is 13.5. The predicted octanol–water partition coefficient (Wildman–Crippen LogP) is 1.59. The van der Waals surface area contributed by atoms with Crippen molar-refractivity contribution in [3.63, 3.8) is 0 Å². The molecule has 0 unspecified atom stereocenters. The monoisotopic (exact) mass is 306 g/mol. The van der Waals surface area contributed by atoms with Crippen LogP contribution in [0.5, 0.6) is 5.75 Å². The molecule has 1 aliphatic rings. The van der Waals surface area contributed by atoms with E-state index in [-0.39, 0.29) is 5.97 Å². The highest BCUT2D eigenvalue weighted by molar-refractivity contribution is 5.75. The first kappa shape index (κ1) is 16.8. The highest BCUT2D eigenvalue weighted by Gasteiger charge is 2.18. The average molecular weight is 306 g/mol. The summed E-state index contributed by atoms with van der Waals surface area (Å²) in [4.78, 5) is 13.8. The van der Waals surface area contributed by atoms with E-state index in [4.69, 9.17) is 15.2 Å². The van der Waals surface area contributed by atoms with E-state index in [0.717, 1.165) is 37.2 Å². The van der Waals surface area contributed by atoms with Crippen LogP contribution in [0.15, 0.2) is 24.3 Å². The molecule has 1 fully saturated rings. The van der Waals surface area contributed by atoms with Crippen LogP contribution in [0.25, 0.3) is 0 Å². The minimum Gasteiger partial charge on any atom is -0.490 e. The molecule has 0 aliphatic carbocycles. The van der Waals surface area contributed by atoms with Crippen molar-refractivity contribution in [2.24, 2.45) is 5.73 Å². The van der Waals surface area contributed by atoms with Crippen LogP contribution in [0.3, 0.4) is 0 Å². The molecule has 0 aromatic heterocycles. The van der Waals surface area contributed by atoms with Gasteiger partial charge in [-0.1, -0.05) is 12.1 Å². The third-order valence-electron chi connectivity index (χ3n) is 3.94. The molecule has 1 atom stereocenters. The Hall–Kier alpha value is -1.59. The number of nitrogens with two attached hydrogens (primary N) is 1. The van der Waals surface area contributed by atoms with Gasteiger partial charge in [0.15, 0.2) is 0 Å². The SMILES string of the molecule is CCOC(=O)[C@@H](N)Cc1ccc(OC2CCN(C)CC2)cc1. The largest absolute Gasteiger partial charge is 0.490 e. The smallest absolute Gasteiger partial charge is 0.323 e. The maximum atomic E-state index is 11.5.